The molecule has 0 atom stereocenters. The molecule has 2 N–H and O–H groups in total. The molecule has 7 nitrogen and oxygen atoms in total. The van der Waals surface area contributed by atoms with E-state index in [0.717, 1.165) is 12.8 Å². The Morgan fingerprint density at radius 2 is 1.95 bits per heavy atom. The van der Waals surface area contributed by atoms with Gasteiger partial charge in [-0.15, -0.1) is 0 Å². The van der Waals surface area contributed by atoms with Crippen LogP contribution >= 0.6 is 0 Å². The van der Waals surface area contributed by atoms with Gasteiger partial charge in [-0.25, -0.2) is 8.42 Å². The van der Waals surface area contributed by atoms with Crippen molar-refractivity contribution in [3.05, 3.63) is 34.4 Å². The molecular weight excluding hydrogens is 306 g/mol. The number of nitrogens with two attached hydrogens (primary N) is 1. The van der Waals surface area contributed by atoms with E-state index in [0.29, 0.717) is 11.8 Å². The smallest absolute Gasteiger partial charge is 0.388 e. The normalized spacial score (nSPS) is 11.7. The number of anilines is 1. The van der Waals surface area contributed by atoms with Gasteiger partial charge < -0.3 is 15.8 Å². The number of hydrogen-bond acceptors (Lipinski definition) is 6. The Hall–Kier alpha value is -2.22. The molecule has 2 aromatic rings. The molecule has 0 aliphatic heterocycles. The van der Waals surface area contributed by atoms with Crippen LogP contribution in [-0.2, 0) is 9.84 Å². The predicted octanol–water partition coefficient (Wildman–Crippen LogP) is 2.69. The van der Waals surface area contributed by atoms with Crippen LogP contribution < -0.4 is 5.73 Å². The summed E-state index contributed by atoms with van der Waals surface area (Å²) < 4.78 is 25.2. The molecule has 1 aromatic carbocycles. The molecule has 1 heterocycles. The van der Waals surface area contributed by atoms with E-state index < -0.39 is 20.6 Å². The first-order valence-corrected chi connectivity index (χ1v) is 8.59. The molecule has 0 bridgehead atoms. The zero-order valence-corrected chi connectivity index (χ0v) is 13.0. The number of nitrogens with zero attached hydrogens (tertiary/aromatic N) is 2. The average molecular weight is 323 g/mol. The minimum atomic E-state index is -3.72. The van der Waals surface area contributed by atoms with Gasteiger partial charge in [0.05, 0.1) is 5.75 Å². The fourth-order valence-electron chi connectivity index (χ4n) is 2.30. The minimum absolute atomic E-state index is 0.0871. The van der Waals surface area contributed by atoms with Crippen molar-refractivity contribution < 1.29 is 13.3 Å². The first-order chi connectivity index (χ1) is 10.4. The summed E-state index contributed by atoms with van der Waals surface area (Å²) in [6, 6.07) is 6.39. The molecule has 0 unspecified atom stereocenters. The molecule has 0 saturated heterocycles. The van der Waals surface area contributed by atoms with E-state index in [2.05, 4.69) is 4.98 Å². The monoisotopic (exact) mass is 323 g/mol. The van der Waals surface area contributed by atoms with Crippen LogP contribution in [0.1, 0.15) is 26.2 Å². The Morgan fingerprint density at radius 1 is 1.27 bits per heavy atom. The lowest BCUT2D eigenvalue weighted by molar-refractivity contribution is -0.388. The number of fused-ring (bicyclic) bond motifs is 1. The van der Waals surface area contributed by atoms with Gasteiger partial charge in [-0.2, -0.15) is 0 Å². The van der Waals surface area contributed by atoms with E-state index in [-0.39, 0.29) is 21.9 Å². The summed E-state index contributed by atoms with van der Waals surface area (Å²) in [6.07, 6.45) is 2.13. The summed E-state index contributed by atoms with van der Waals surface area (Å²) in [4.78, 5) is 14.0. The molecule has 0 radical (unpaired) electrons. The highest BCUT2D eigenvalue weighted by Crippen LogP contribution is 2.34. The first kappa shape index (κ1) is 16.2. The Morgan fingerprint density at radius 3 is 2.59 bits per heavy atom. The minimum Gasteiger partial charge on any atom is -0.391 e. The second-order valence-electron chi connectivity index (χ2n) is 4.98. The van der Waals surface area contributed by atoms with E-state index in [4.69, 9.17) is 5.73 Å². The van der Waals surface area contributed by atoms with E-state index in [9.17, 15) is 18.5 Å². The molecule has 8 heteroatoms. The number of hydrogen-bond donors (Lipinski definition) is 1. The lowest BCUT2D eigenvalue weighted by Gasteiger charge is -2.10. The molecule has 0 amide bonds. The van der Waals surface area contributed by atoms with E-state index in [1.807, 2.05) is 6.92 Å². The van der Waals surface area contributed by atoms with Crippen LogP contribution in [0.5, 0.6) is 0 Å². The van der Waals surface area contributed by atoms with Crippen LogP contribution in [0.25, 0.3) is 10.9 Å². The number of unbranched alkanes of at least 4 members (excludes halogenated alkanes) is 2. The maximum atomic E-state index is 12.6. The summed E-state index contributed by atoms with van der Waals surface area (Å²) in [6.45, 7) is 1.97. The van der Waals surface area contributed by atoms with Crippen molar-refractivity contribution in [1.82, 2.24) is 4.98 Å². The maximum Gasteiger partial charge on any atom is 0.388 e. The lowest BCUT2D eigenvalue weighted by Crippen LogP contribution is -2.12. The molecule has 1 aromatic heterocycles. The van der Waals surface area contributed by atoms with Gasteiger partial charge in [0.1, 0.15) is 4.90 Å². The summed E-state index contributed by atoms with van der Waals surface area (Å²) in [5.41, 5.74) is 5.62. The van der Waals surface area contributed by atoms with Gasteiger partial charge in [-0.3, -0.25) is 0 Å². The summed E-state index contributed by atoms with van der Waals surface area (Å²) in [5, 5.41) is 11.4. The van der Waals surface area contributed by atoms with Crippen LogP contribution in [0.2, 0.25) is 0 Å². The highest BCUT2D eigenvalue weighted by Gasteiger charge is 2.29. The van der Waals surface area contributed by atoms with Crippen molar-refractivity contribution in [2.24, 2.45) is 0 Å². The average Bonchev–Trinajstić information content (AvgIpc) is 2.46. The second-order valence-corrected chi connectivity index (χ2v) is 7.02. The van der Waals surface area contributed by atoms with Crippen molar-refractivity contribution in [3.63, 3.8) is 0 Å². The van der Waals surface area contributed by atoms with Crippen molar-refractivity contribution in [1.29, 1.82) is 0 Å². The highest BCUT2D eigenvalue weighted by atomic mass is 32.2. The largest absolute Gasteiger partial charge is 0.391 e. The van der Waals surface area contributed by atoms with Crippen LogP contribution in [0.15, 0.2) is 29.2 Å². The standard InChI is InChI=1S/C14H17N3O4S/c1-2-3-6-9-22(20,21)13-10-7-4-5-8-11(10)16-14(12(13)15)17(18)19/h4-5,7-8H,2-3,6,9,15H2,1H3. The molecule has 22 heavy (non-hydrogen) atoms. The van der Waals surface area contributed by atoms with Crippen molar-refractivity contribution in [3.8, 4) is 0 Å². The molecule has 2 rings (SSSR count). The molecule has 118 valence electrons. The van der Waals surface area contributed by atoms with Crippen LogP contribution in [0, 0.1) is 10.1 Å². The topological polar surface area (TPSA) is 116 Å². The number of aromatic nitrogens is 1. The SMILES string of the molecule is CCCCCS(=O)(=O)c1c(N)c([N+](=O)[O-])nc2ccccc12. The third-order valence-corrected chi connectivity index (χ3v) is 5.25. The predicted molar refractivity (Wildman–Crippen MR) is 84.4 cm³/mol. The second kappa shape index (κ2) is 6.27. The molecule has 0 aliphatic carbocycles. The number of nitro groups is 1. The van der Waals surface area contributed by atoms with E-state index >= 15 is 0 Å². The zero-order valence-electron chi connectivity index (χ0n) is 12.2. The number of para-hydroxylation sites is 1. The Bertz CT molecular complexity index is 818. The zero-order chi connectivity index (χ0) is 16.3. The fraction of sp³-hybridized carbons (Fsp3) is 0.357. The molecular formula is C14H17N3O4S. The van der Waals surface area contributed by atoms with Crippen molar-refractivity contribution in [2.45, 2.75) is 31.1 Å². The van der Waals surface area contributed by atoms with Crippen LogP contribution in [0.4, 0.5) is 11.5 Å². The lowest BCUT2D eigenvalue weighted by atomic mass is 10.2. The van der Waals surface area contributed by atoms with Gasteiger partial charge in [-0.1, -0.05) is 31.9 Å². The first-order valence-electron chi connectivity index (χ1n) is 6.94. The van der Waals surface area contributed by atoms with Gasteiger partial charge in [0.25, 0.3) is 0 Å². The quantitative estimate of drug-likeness (QED) is 0.496. The van der Waals surface area contributed by atoms with Crippen molar-refractivity contribution >= 4 is 32.2 Å². The Balaban J connectivity index is 2.70. The van der Waals surface area contributed by atoms with Crippen LogP contribution in [-0.4, -0.2) is 24.1 Å². The third kappa shape index (κ3) is 3.01. The molecule has 0 spiro atoms. The summed E-state index contributed by atoms with van der Waals surface area (Å²) >= 11 is 0. The van der Waals surface area contributed by atoms with Gasteiger partial charge in [0.2, 0.25) is 0 Å². The van der Waals surface area contributed by atoms with Gasteiger partial charge in [0.15, 0.2) is 21.0 Å². The third-order valence-electron chi connectivity index (χ3n) is 3.36. The highest BCUT2D eigenvalue weighted by molar-refractivity contribution is 7.91. The van der Waals surface area contributed by atoms with E-state index in [1.165, 1.54) is 6.07 Å². The molecule has 0 aliphatic rings. The van der Waals surface area contributed by atoms with Gasteiger partial charge in [0, 0.05) is 5.39 Å². The number of pyridine rings is 1. The Kier molecular flexibility index (Phi) is 4.60. The number of nitrogen functional groups attached to an aromatic ring is 1. The molecule has 0 fully saturated rings. The van der Waals surface area contributed by atoms with Gasteiger partial charge >= 0.3 is 5.82 Å². The van der Waals surface area contributed by atoms with Crippen LogP contribution in [0.3, 0.4) is 0 Å². The van der Waals surface area contributed by atoms with Gasteiger partial charge in [-0.05, 0) is 28.5 Å². The molecule has 0 saturated carbocycles. The number of sulfone groups is 1. The number of rotatable bonds is 6. The van der Waals surface area contributed by atoms with Crippen molar-refractivity contribution in [2.75, 3.05) is 11.5 Å². The summed E-state index contributed by atoms with van der Waals surface area (Å²) in [5.74, 6) is -0.705. The maximum absolute atomic E-state index is 12.6. The number of benzene rings is 1. The fourth-order valence-corrected chi connectivity index (χ4v) is 4.02. The van der Waals surface area contributed by atoms with E-state index in [1.54, 1.807) is 18.2 Å². The summed E-state index contributed by atoms with van der Waals surface area (Å²) in [7, 11) is -3.72. The Labute approximate surface area is 128 Å².